The normalized spacial score (nSPS) is 14.7. The molecule has 1 aliphatic heterocycles. The number of aromatic nitrogens is 1. The Hall–Kier alpha value is -3.84. The SMILES string of the molecule is O=C(/C=C1\CCN(c2ccc(Cl)cc2)c2cc(C(F)(F)F)ccc21)Nc1ccc2cccnc2c1. The van der Waals surface area contributed by atoms with E-state index >= 15 is 0 Å². The lowest BCUT2D eigenvalue weighted by atomic mass is 9.93. The Morgan fingerprint density at radius 2 is 1.83 bits per heavy atom. The number of amides is 1. The lowest BCUT2D eigenvalue weighted by molar-refractivity contribution is -0.137. The molecule has 0 saturated heterocycles. The van der Waals surface area contributed by atoms with Crippen molar-refractivity contribution >= 4 is 51.0 Å². The van der Waals surface area contributed by atoms with Gasteiger partial charge in [0.15, 0.2) is 0 Å². The second kappa shape index (κ2) is 9.07. The molecule has 1 N–H and O–H groups in total. The topological polar surface area (TPSA) is 45.2 Å². The van der Waals surface area contributed by atoms with Crippen LogP contribution in [0.2, 0.25) is 5.02 Å². The van der Waals surface area contributed by atoms with Crippen molar-refractivity contribution in [3.8, 4) is 0 Å². The zero-order valence-corrected chi connectivity index (χ0v) is 19.1. The van der Waals surface area contributed by atoms with Crippen LogP contribution >= 0.6 is 11.6 Å². The summed E-state index contributed by atoms with van der Waals surface area (Å²) < 4.78 is 40.4. The average Bonchev–Trinajstić information content (AvgIpc) is 2.84. The molecule has 0 bridgehead atoms. The summed E-state index contributed by atoms with van der Waals surface area (Å²) in [7, 11) is 0. The maximum atomic E-state index is 13.5. The molecule has 0 aliphatic carbocycles. The van der Waals surface area contributed by atoms with Gasteiger partial charge in [-0.25, -0.2) is 0 Å². The first-order valence-electron chi connectivity index (χ1n) is 10.9. The Morgan fingerprint density at radius 3 is 2.60 bits per heavy atom. The molecule has 0 unspecified atom stereocenters. The van der Waals surface area contributed by atoms with E-state index in [1.165, 1.54) is 12.1 Å². The third-order valence-corrected chi connectivity index (χ3v) is 6.14. The van der Waals surface area contributed by atoms with Gasteiger partial charge in [-0.1, -0.05) is 29.8 Å². The van der Waals surface area contributed by atoms with E-state index in [1.807, 2.05) is 23.1 Å². The van der Waals surface area contributed by atoms with E-state index in [9.17, 15) is 18.0 Å². The second-order valence-corrected chi connectivity index (χ2v) is 8.61. The highest BCUT2D eigenvalue weighted by atomic mass is 35.5. The number of anilines is 3. The maximum absolute atomic E-state index is 13.5. The fourth-order valence-electron chi connectivity index (χ4n) is 4.21. The van der Waals surface area contributed by atoms with Crippen LogP contribution < -0.4 is 10.2 Å². The first kappa shape index (κ1) is 22.9. The van der Waals surface area contributed by atoms with Crippen molar-refractivity contribution in [2.45, 2.75) is 12.6 Å². The monoisotopic (exact) mass is 493 g/mol. The Balaban J connectivity index is 1.48. The molecule has 4 aromatic rings. The van der Waals surface area contributed by atoms with Crippen LogP contribution in [0.25, 0.3) is 16.5 Å². The average molecular weight is 494 g/mol. The number of carbonyl (C=O) groups is 1. The molecule has 8 heteroatoms. The van der Waals surface area contributed by atoms with Crippen LogP contribution in [0, 0.1) is 0 Å². The van der Waals surface area contributed by atoms with Crippen molar-refractivity contribution in [2.24, 2.45) is 0 Å². The maximum Gasteiger partial charge on any atom is 0.416 e. The zero-order valence-electron chi connectivity index (χ0n) is 18.3. The van der Waals surface area contributed by atoms with Gasteiger partial charge in [0.1, 0.15) is 0 Å². The van der Waals surface area contributed by atoms with E-state index in [4.69, 9.17) is 11.6 Å². The molecule has 0 atom stereocenters. The fourth-order valence-corrected chi connectivity index (χ4v) is 4.34. The number of alkyl halides is 3. The van der Waals surface area contributed by atoms with E-state index < -0.39 is 11.7 Å². The van der Waals surface area contributed by atoms with E-state index in [0.717, 1.165) is 28.7 Å². The summed E-state index contributed by atoms with van der Waals surface area (Å²) >= 11 is 5.99. The minimum atomic E-state index is -4.48. The van der Waals surface area contributed by atoms with Crippen molar-refractivity contribution in [1.82, 2.24) is 4.98 Å². The third-order valence-electron chi connectivity index (χ3n) is 5.88. The predicted molar refractivity (Wildman–Crippen MR) is 133 cm³/mol. The summed E-state index contributed by atoms with van der Waals surface area (Å²) in [6, 6.07) is 19.7. The van der Waals surface area contributed by atoms with Gasteiger partial charge in [0, 0.05) is 51.9 Å². The van der Waals surface area contributed by atoms with Gasteiger partial charge < -0.3 is 10.2 Å². The van der Waals surface area contributed by atoms with Gasteiger partial charge >= 0.3 is 6.18 Å². The number of nitrogens with zero attached hydrogens (tertiary/aromatic N) is 2. The number of rotatable bonds is 3. The van der Waals surface area contributed by atoms with E-state index in [1.54, 1.807) is 42.6 Å². The van der Waals surface area contributed by atoms with Crippen molar-refractivity contribution in [3.05, 3.63) is 101 Å². The summed E-state index contributed by atoms with van der Waals surface area (Å²) in [4.78, 5) is 18.9. The first-order chi connectivity index (χ1) is 16.8. The molecule has 5 rings (SSSR count). The van der Waals surface area contributed by atoms with Crippen LogP contribution in [-0.2, 0) is 11.0 Å². The summed E-state index contributed by atoms with van der Waals surface area (Å²) in [6.45, 7) is 0.412. The molecule has 1 aromatic heterocycles. The molecule has 4 nitrogen and oxygen atoms in total. The molecule has 0 saturated carbocycles. The van der Waals surface area contributed by atoms with E-state index in [0.29, 0.717) is 40.5 Å². The summed E-state index contributed by atoms with van der Waals surface area (Å²) in [6.07, 6.45) is -0.873. The molecule has 1 aliphatic rings. The minimum absolute atomic E-state index is 0.360. The van der Waals surface area contributed by atoms with Crippen LogP contribution in [-0.4, -0.2) is 17.4 Å². The Bertz CT molecular complexity index is 1450. The Labute approximate surface area is 204 Å². The minimum Gasteiger partial charge on any atom is -0.341 e. The number of halogens is 4. The van der Waals surface area contributed by atoms with Crippen LogP contribution in [0.3, 0.4) is 0 Å². The van der Waals surface area contributed by atoms with Crippen molar-refractivity contribution < 1.29 is 18.0 Å². The highest BCUT2D eigenvalue weighted by Gasteiger charge is 2.33. The molecule has 2 heterocycles. The standard InChI is InChI=1S/C27H19ClF3N3O/c28-20-5-8-22(9-6-20)34-13-11-18(23-10-4-19(15-25(23)34)27(29,30)31)14-26(35)33-21-7-3-17-2-1-12-32-24(17)16-21/h1-10,12,14-16H,11,13H2,(H,33,35)/b18-14+. The van der Waals surface area contributed by atoms with Gasteiger partial charge in [0.2, 0.25) is 5.91 Å². The van der Waals surface area contributed by atoms with E-state index in [2.05, 4.69) is 10.3 Å². The van der Waals surface area contributed by atoms with Crippen LogP contribution in [0.1, 0.15) is 17.5 Å². The third kappa shape index (κ3) is 4.86. The smallest absolute Gasteiger partial charge is 0.341 e. The second-order valence-electron chi connectivity index (χ2n) is 8.18. The van der Waals surface area contributed by atoms with Gasteiger partial charge in [-0.2, -0.15) is 13.2 Å². The summed E-state index contributed by atoms with van der Waals surface area (Å²) in [5.41, 5.74) is 2.95. The van der Waals surface area contributed by atoms with Gasteiger partial charge in [-0.3, -0.25) is 9.78 Å². The molecule has 0 fully saturated rings. The molecule has 0 radical (unpaired) electrons. The lowest BCUT2D eigenvalue weighted by Gasteiger charge is -2.33. The molecule has 176 valence electrons. The number of fused-ring (bicyclic) bond motifs is 2. The highest BCUT2D eigenvalue weighted by molar-refractivity contribution is 6.30. The number of benzene rings is 3. The van der Waals surface area contributed by atoms with Crippen LogP contribution in [0.5, 0.6) is 0 Å². The molecular formula is C27H19ClF3N3O. The number of carbonyl (C=O) groups excluding carboxylic acids is 1. The largest absolute Gasteiger partial charge is 0.416 e. The van der Waals surface area contributed by atoms with Crippen molar-refractivity contribution in [2.75, 3.05) is 16.8 Å². The quantitative estimate of drug-likeness (QED) is 0.301. The fraction of sp³-hybridized carbons (Fsp3) is 0.111. The van der Waals surface area contributed by atoms with Crippen LogP contribution in [0.4, 0.5) is 30.2 Å². The van der Waals surface area contributed by atoms with E-state index in [-0.39, 0.29) is 5.91 Å². The summed E-state index contributed by atoms with van der Waals surface area (Å²) in [5.74, 6) is -0.360. The number of pyridine rings is 1. The molecule has 1 amide bonds. The van der Waals surface area contributed by atoms with Gasteiger partial charge in [-0.05, 0) is 66.6 Å². The Morgan fingerprint density at radius 1 is 1.03 bits per heavy atom. The molecular weight excluding hydrogens is 475 g/mol. The van der Waals surface area contributed by atoms with Gasteiger partial charge in [0.05, 0.1) is 11.1 Å². The molecule has 0 spiro atoms. The van der Waals surface area contributed by atoms with Crippen LogP contribution in [0.15, 0.2) is 85.1 Å². The Kier molecular flexibility index (Phi) is 5.94. The predicted octanol–water partition coefficient (Wildman–Crippen LogP) is 7.47. The summed E-state index contributed by atoms with van der Waals surface area (Å²) in [5, 5.41) is 4.32. The first-order valence-corrected chi connectivity index (χ1v) is 11.3. The number of hydrogen-bond acceptors (Lipinski definition) is 3. The highest BCUT2D eigenvalue weighted by Crippen LogP contribution is 2.42. The molecule has 35 heavy (non-hydrogen) atoms. The number of nitrogens with one attached hydrogen (secondary N) is 1. The van der Waals surface area contributed by atoms with Crippen molar-refractivity contribution in [1.29, 1.82) is 0 Å². The number of hydrogen-bond donors (Lipinski definition) is 1. The van der Waals surface area contributed by atoms with Crippen molar-refractivity contribution in [3.63, 3.8) is 0 Å². The van der Waals surface area contributed by atoms with Gasteiger partial charge in [0.25, 0.3) is 0 Å². The lowest BCUT2D eigenvalue weighted by Crippen LogP contribution is -2.25. The molecule has 3 aromatic carbocycles. The zero-order chi connectivity index (χ0) is 24.6. The van der Waals surface area contributed by atoms with Gasteiger partial charge in [-0.15, -0.1) is 0 Å².